The van der Waals surface area contributed by atoms with Crippen molar-refractivity contribution in [1.29, 1.82) is 0 Å². The summed E-state index contributed by atoms with van der Waals surface area (Å²) in [6, 6.07) is 6.02. The van der Waals surface area contributed by atoms with E-state index in [2.05, 4.69) is 35.6 Å². The van der Waals surface area contributed by atoms with E-state index in [-0.39, 0.29) is 0 Å². The summed E-state index contributed by atoms with van der Waals surface area (Å²) in [5.74, 6) is 2.50. The molecule has 5 nitrogen and oxygen atoms in total. The van der Waals surface area contributed by atoms with Gasteiger partial charge in [0.05, 0.1) is 16.9 Å². The quantitative estimate of drug-likeness (QED) is 0.672. The number of aryl methyl sites for hydroxylation is 3. The minimum Gasteiger partial charge on any atom is -0.340 e. The standard InChI is InChI=1S/C13H12BrClN4O/c1-8-16-12(18-20-8)4-5-19-11-3-2-9(14)6-10(11)17-13(19)7-15/h2-3,6H,4-5,7H2,1H3. The largest absolute Gasteiger partial charge is 0.340 e. The Morgan fingerprint density at radius 2 is 2.20 bits per heavy atom. The summed E-state index contributed by atoms with van der Waals surface area (Å²) in [5.41, 5.74) is 1.99. The Kier molecular flexibility index (Phi) is 3.76. The van der Waals surface area contributed by atoms with E-state index in [1.165, 1.54) is 0 Å². The number of benzene rings is 1. The van der Waals surface area contributed by atoms with Crippen molar-refractivity contribution in [2.75, 3.05) is 0 Å². The molecule has 0 saturated heterocycles. The van der Waals surface area contributed by atoms with Gasteiger partial charge in [0.15, 0.2) is 5.82 Å². The zero-order chi connectivity index (χ0) is 14.1. The van der Waals surface area contributed by atoms with E-state index < -0.39 is 0 Å². The number of fused-ring (bicyclic) bond motifs is 1. The van der Waals surface area contributed by atoms with Crippen LogP contribution in [0.25, 0.3) is 11.0 Å². The summed E-state index contributed by atoms with van der Waals surface area (Å²) in [6.07, 6.45) is 0.683. The third-order valence-electron chi connectivity index (χ3n) is 3.04. The minimum absolute atomic E-state index is 0.373. The van der Waals surface area contributed by atoms with Crippen LogP contribution < -0.4 is 0 Å². The molecule has 3 rings (SSSR count). The van der Waals surface area contributed by atoms with Crippen LogP contribution in [-0.4, -0.2) is 19.7 Å². The van der Waals surface area contributed by atoms with Gasteiger partial charge >= 0.3 is 0 Å². The molecule has 104 valence electrons. The van der Waals surface area contributed by atoms with Gasteiger partial charge in [-0.05, 0) is 18.2 Å². The fraction of sp³-hybridized carbons (Fsp3) is 0.308. The van der Waals surface area contributed by atoms with Gasteiger partial charge in [-0.1, -0.05) is 21.1 Å². The highest BCUT2D eigenvalue weighted by Gasteiger charge is 2.11. The molecule has 0 bridgehead atoms. The molecule has 0 fully saturated rings. The van der Waals surface area contributed by atoms with Gasteiger partial charge in [0, 0.05) is 24.4 Å². The zero-order valence-electron chi connectivity index (χ0n) is 10.8. The van der Waals surface area contributed by atoms with Crippen molar-refractivity contribution in [3.8, 4) is 0 Å². The molecule has 0 saturated carbocycles. The molecule has 1 aromatic carbocycles. The smallest absolute Gasteiger partial charge is 0.223 e. The van der Waals surface area contributed by atoms with Gasteiger partial charge in [-0.25, -0.2) is 4.98 Å². The van der Waals surface area contributed by atoms with Crippen LogP contribution in [0.1, 0.15) is 17.5 Å². The molecule has 0 N–H and O–H groups in total. The molecule has 2 aromatic heterocycles. The van der Waals surface area contributed by atoms with Gasteiger partial charge in [-0.15, -0.1) is 11.6 Å². The first-order valence-corrected chi connectivity index (χ1v) is 7.50. The Bertz CT molecular complexity index is 752. The third-order valence-corrected chi connectivity index (χ3v) is 3.77. The molecule has 0 radical (unpaired) electrons. The normalized spacial score (nSPS) is 11.3. The lowest BCUT2D eigenvalue weighted by molar-refractivity contribution is 0.386. The molecule has 20 heavy (non-hydrogen) atoms. The number of halogens is 2. The second-order valence-corrected chi connectivity index (χ2v) is 5.61. The monoisotopic (exact) mass is 354 g/mol. The van der Waals surface area contributed by atoms with Crippen molar-refractivity contribution in [3.05, 3.63) is 40.2 Å². The van der Waals surface area contributed by atoms with Gasteiger partial charge in [0.25, 0.3) is 0 Å². The second kappa shape index (κ2) is 5.54. The Labute approximate surface area is 129 Å². The van der Waals surface area contributed by atoms with E-state index in [1.807, 2.05) is 18.2 Å². The Morgan fingerprint density at radius 3 is 2.90 bits per heavy atom. The molecule has 7 heteroatoms. The van der Waals surface area contributed by atoms with Crippen LogP contribution in [0.2, 0.25) is 0 Å². The molecule has 2 heterocycles. The fourth-order valence-corrected chi connectivity index (χ4v) is 2.71. The minimum atomic E-state index is 0.373. The average Bonchev–Trinajstić information content (AvgIpc) is 2.99. The average molecular weight is 356 g/mol. The summed E-state index contributed by atoms with van der Waals surface area (Å²) >= 11 is 9.44. The molecular formula is C13H12BrClN4O. The fourth-order valence-electron chi connectivity index (χ4n) is 2.16. The lowest BCUT2D eigenvalue weighted by Crippen LogP contribution is -2.06. The number of hydrogen-bond acceptors (Lipinski definition) is 4. The van der Waals surface area contributed by atoms with Crippen molar-refractivity contribution in [3.63, 3.8) is 0 Å². The van der Waals surface area contributed by atoms with Gasteiger partial charge in [-0.3, -0.25) is 0 Å². The molecule has 0 atom stereocenters. The maximum atomic E-state index is 5.98. The number of aromatic nitrogens is 4. The van der Waals surface area contributed by atoms with Crippen LogP contribution in [0.5, 0.6) is 0 Å². The van der Waals surface area contributed by atoms with Crippen LogP contribution in [0.4, 0.5) is 0 Å². The Hall–Kier alpha value is -1.40. The van der Waals surface area contributed by atoms with E-state index >= 15 is 0 Å². The van der Waals surface area contributed by atoms with Crippen LogP contribution >= 0.6 is 27.5 Å². The molecule has 0 aliphatic heterocycles. The van der Waals surface area contributed by atoms with Crippen LogP contribution in [-0.2, 0) is 18.8 Å². The summed E-state index contributed by atoms with van der Waals surface area (Å²) < 4.78 is 8.08. The maximum absolute atomic E-state index is 5.98. The molecule has 0 amide bonds. The number of alkyl halides is 1. The lowest BCUT2D eigenvalue weighted by atomic mass is 10.3. The predicted octanol–water partition coefficient (Wildman–Crippen LogP) is 3.47. The number of nitrogens with zero attached hydrogens (tertiary/aromatic N) is 4. The first-order valence-electron chi connectivity index (χ1n) is 6.17. The number of rotatable bonds is 4. The molecule has 0 aliphatic carbocycles. The highest BCUT2D eigenvalue weighted by Crippen LogP contribution is 2.22. The van der Waals surface area contributed by atoms with Gasteiger partial charge in [0.1, 0.15) is 5.82 Å². The Morgan fingerprint density at radius 1 is 1.35 bits per heavy atom. The third kappa shape index (κ3) is 2.58. The van der Waals surface area contributed by atoms with Crippen molar-refractivity contribution < 1.29 is 4.52 Å². The van der Waals surface area contributed by atoms with Crippen LogP contribution in [0.3, 0.4) is 0 Å². The van der Waals surface area contributed by atoms with Gasteiger partial charge in [0.2, 0.25) is 5.89 Å². The van der Waals surface area contributed by atoms with E-state index in [4.69, 9.17) is 16.1 Å². The van der Waals surface area contributed by atoms with E-state index in [9.17, 15) is 0 Å². The topological polar surface area (TPSA) is 56.7 Å². The molecule has 0 aliphatic rings. The summed E-state index contributed by atoms with van der Waals surface area (Å²) in [4.78, 5) is 8.75. The summed E-state index contributed by atoms with van der Waals surface area (Å²) in [5, 5.41) is 3.90. The summed E-state index contributed by atoms with van der Waals surface area (Å²) in [6.45, 7) is 2.50. The lowest BCUT2D eigenvalue weighted by Gasteiger charge is -2.05. The highest BCUT2D eigenvalue weighted by molar-refractivity contribution is 9.10. The molecule has 3 aromatic rings. The second-order valence-electron chi connectivity index (χ2n) is 4.43. The molecular weight excluding hydrogens is 344 g/mol. The van der Waals surface area contributed by atoms with Crippen molar-refractivity contribution in [1.82, 2.24) is 19.7 Å². The van der Waals surface area contributed by atoms with E-state index in [0.717, 1.165) is 27.9 Å². The Balaban J connectivity index is 1.93. The zero-order valence-corrected chi connectivity index (χ0v) is 13.1. The number of hydrogen-bond donors (Lipinski definition) is 0. The predicted molar refractivity (Wildman–Crippen MR) is 79.7 cm³/mol. The molecule has 0 spiro atoms. The first kappa shape index (κ1) is 13.6. The summed E-state index contributed by atoms with van der Waals surface area (Å²) in [7, 11) is 0. The van der Waals surface area contributed by atoms with Crippen molar-refractivity contribution >= 4 is 38.6 Å². The van der Waals surface area contributed by atoms with Crippen LogP contribution in [0.15, 0.2) is 27.2 Å². The van der Waals surface area contributed by atoms with Crippen molar-refractivity contribution in [2.24, 2.45) is 0 Å². The van der Waals surface area contributed by atoms with E-state index in [0.29, 0.717) is 24.0 Å². The van der Waals surface area contributed by atoms with Gasteiger partial charge < -0.3 is 9.09 Å². The molecule has 0 unspecified atom stereocenters. The van der Waals surface area contributed by atoms with Crippen molar-refractivity contribution in [2.45, 2.75) is 25.8 Å². The first-order chi connectivity index (χ1) is 9.67. The van der Waals surface area contributed by atoms with Gasteiger partial charge in [-0.2, -0.15) is 4.98 Å². The van der Waals surface area contributed by atoms with E-state index in [1.54, 1.807) is 6.92 Å². The SMILES string of the molecule is Cc1nc(CCn2c(CCl)nc3cc(Br)ccc32)no1. The number of imidazole rings is 1. The highest BCUT2D eigenvalue weighted by atomic mass is 79.9. The van der Waals surface area contributed by atoms with Crippen LogP contribution in [0, 0.1) is 6.92 Å². The maximum Gasteiger partial charge on any atom is 0.223 e.